The van der Waals surface area contributed by atoms with Crippen LogP contribution < -0.4 is 5.32 Å². The third-order valence-corrected chi connectivity index (χ3v) is 3.92. The monoisotopic (exact) mass is 253 g/mol. The molecule has 0 amide bonds. The SMILES string of the molecule is CCNc1nc(C2Cc3ccccc32)nc(C)c1C. The summed E-state index contributed by atoms with van der Waals surface area (Å²) < 4.78 is 0. The van der Waals surface area contributed by atoms with Gasteiger partial charge < -0.3 is 5.32 Å². The first kappa shape index (κ1) is 12.2. The molecule has 3 rings (SSSR count). The maximum absolute atomic E-state index is 4.72. The van der Waals surface area contributed by atoms with E-state index in [0.717, 1.165) is 35.9 Å². The van der Waals surface area contributed by atoms with Crippen LogP contribution in [0.25, 0.3) is 0 Å². The number of hydrogen-bond acceptors (Lipinski definition) is 3. The topological polar surface area (TPSA) is 37.8 Å². The summed E-state index contributed by atoms with van der Waals surface area (Å²) in [6.45, 7) is 7.12. The molecule has 3 nitrogen and oxygen atoms in total. The van der Waals surface area contributed by atoms with Crippen molar-refractivity contribution in [1.29, 1.82) is 0 Å². The molecule has 0 radical (unpaired) electrons. The third-order valence-electron chi connectivity index (χ3n) is 3.92. The molecule has 0 fully saturated rings. The number of nitrogens with one attached hydrogen (secondary N) is 1. The molecule has 1 aromatic carbocycles. The second-order valence-corrected chi connectivity index (χ2v) is 5.13. The third kappa shape index (κ3) is 1.99. The highest BCUT2D eigenvalue weighted by atomic mass is 15.0. The van der Waals surface area contributed by atoms with Crippen molar-refractivity contribution in [2.24, 2.45) is 0 Å². The molecule has 0 spiro atoms. The number of hydrogen-bond donors (Lipinski definition) is 1. The average Bonchev–Trinajstić information content (AvgIpc) is 2.37. The van der Waals surface area contributed by atoms with E-state index in [-0.39, 0.29) is 0 Å². The van der Waals surface area contributed by atoms with Gasteiger partial charge in [0.1, 0.15) is 11.6 Å². The van der Waals surface area contributed by atoms with E-state index in [2.05, 4.69) is 55.3 Å². The van der Waals surface area contributed by atoms with Gasteiger partial charge in [0.15, 0.2) is 0 Å². The van der Waals surface area contributed by atoms with Crippen molar-refractivity contribution < 1.29 is 0 Å². The molecule has 0 saturated carbocycles. The number of rotatable bonds is 3. The molecule has 19 heavy (non-hydrogen) atoms. The standard InChI is InChI=1S/C16H19N3/c1-4-17-15-10(2)11(3)18-16(19-15)14-9-12-7-5-6-8-13(12)14/h5-8,14H,4,9H2,1-3H3,(H,17,18,19). The van der Waals surface area contributed by atoms with E-state index < -0.39 is 0 Å². The molecule has 0 saturated heterocycles. The van der Waals surface area contributed by atoms with Crippen molar-refractivity contribution in [3.8, 4) is 0 Å². The van der Waals surface area contributed by atoms with Crippen molar-refractivity contribution in [2.45, 2.75) is 33.1 Å². The zero-order valence-corrected chi connectivity index (χ0v) is 11.7. The summed E-state index contributed by atoms with van der Waals surface area (Å²) in [5.74, 6) is 2.31. The van der Waals surface area contributed by atoms with Gasteiger partial charge in [-0.3, -0.25) is 0 Å². The molecule has 2 aromatic rings. The lowest BCUT2D eigenvalue weighted by molar-refractivity contribution is 0.656. The average molecular weight is 253 g/mol. The largest absolute Gasteiger partial charge is 0.370 e. The number of nitrogens with zero attached hydrogens (tertiary/aromatic N) is 2. The first-order valence-electron chi connectivity index (χ1n) is 6.87. The molecule has 1 aliphatic carbocycles. The number of anilines is 1. The van der Waals surface area contributed by atoms with Gasteiger partial charge in [0.2, 0.25) is 0 Å². The zero-order valence-electron chi connectivity index (χ0n) is 11.7. The minimum Gasteiger partial charge on any atom is -0.370 e. The number of benzene rings is 1. The van der Waals surface area contributed by atoms with E-state index in [1.807, 2.05) is 0 Å². The Hall–Kier alpha value is -1.90. The second-order valence-electron chi connectivity index (χ2n) is 5.13. The summed E-state index contributed by atoms with van der Waals surface area (Å²) >= 11 is 0. The molecule has 1 aliphatic rings. The van der Waals surface area contributed by atoms with Crippen LogP contribution in [0, 0.1) is 13.8 Å². The van der Waals surface area contributed by atoms with Crippen LogP contribution in [-0.4, -0.2) is 16.5 Å². The normalized spacial score (nSPS) is 16.7. The van der Waals surface area contributed by atoms with Crippen LogP contribution in [0.4, 0.5) is 5.82 Å². The first-order valence-corrected chi connectivity index (χ1v) is 6.87. The molecule has 1 atom stereocenters. The van der Waals surface area contributed by atoms with Crippen molar-refractivity contribution >= 4 is 5.82 Å². The minimum atomic E-state index is 0.368. The summed E-state index contributed by atoms with van der Waals surface area (Å²) in [7, 11) is 0. The van der Waals surface area contributed by atoms with Gasteiger partial charge in [-0.05, 0) is 38.3 Å². The van der Waals surface area contributed by atoms with Crippen LogP contribution in [0.15, 0.2) is 24.3 Å². The summed E-state index contributed by atoms with van der Waals surface area (Å²) in [4.78, 5) is 9.41. The van der Waals surface area contributed by atoms with Gasteiger partial charge in [0, 0.05) is 23.7 Å². The van der Waals surface area contributed by atoms with Crippen LogP contribution in [0.5, 0.6) is 0 Å². The Morgan fingerprint density at radius 1 is 1.21 bits per heavy atom. The highest BCUT2D eigenvalue weighted by Crippen LogP contribution is 2.38. The predicted octanol–water partition coefficient (Wildman–Crippen LogP) is 3.21. The maximum atomic E-state index is 4.72. The highest BCUT2D eigenvalue weighted by Gasteiger charge is 2.29. The van der Waals surface area contributed by atoms with E-state index in [4.69, 9.17) is 4.98 Å². The van der Waals surface area contributed by atoms with Crippen molar-refractivity contribution in [3.05, 3.63) is 52.5 Å². The van der Waals surface area contributed by atoms with E-state index in [1.54, 1.807) is 0 Å². The number of aromatic nitrogens is 2. The quantitative estimate of drug-likeness (QED) is 0.912. The number of fused-ring (bicyclic) bond motifs is 1. The van der Waals surface area contributed by atoms with Gasteiger partial charge >= 0.3 is 0 Å². The molecule has 0 bridgehead atoms. The Kier molecular flexibility index (Phi) is 2.97. The van der Waals surface area contributed by atoms with Crippen LogP contribution in [0.1, 0.15) is 41.1 Å². The predicted molar refractivity (Wildman–Crippen MR) is 77.7 cm³/mol. The van der Waals surface area contributed by atoms with Gasteiger partial charge in [-0.2, -0.15) is 0 Å². The van der Waals surface area contributed by atoms with Crippen molar-refractivity contribution in [3.63, 3.8) is 0 Å². The van der Waals surface area contributed by atoms with Crippen LogP contribution in [0.2, 0.25) is 0 Å². The first-order chi connectivity index (χ1) is 9.20. The van der Waals surface area contributed by atoms with Crippen LogP contribution >= 0.6 is 0 Å². The molecule has 1 unspecified atom stereocenters. The lowest BCUT2D eigenvalue weighted by Gasteiger charge is -2.29. The highest BCUT2D eigenvalue weighted by molar-refractivity contribution is 5.49. The fourth-order valence-electron chi connectivity index (χ4n) is 2.64. The van der Waals surface area contributed by atoms with Gasteiger partial charge in [0.05, 0.1) is 0 Å². The molecule has 98 valence electrons. The molecule has 1 N–H and O–H groups in total. The van der Waals surface area contributed by atoms with Gasteiger partial charge in [0.25, 0.3) is 0 Å². The second kappa shape index (κ2) is 4.65. The van der Waals surface area contributed by atoms with Gasteiger partial charge in [-0.1, -0.05) is 24.3 Å². The Morgan fingerprint density at radius 2 is 2.00 bits per heavy atom. The van der Waals surface area contributed by atoms with Crippen molar-refractivity contribution in [1.82, 2.24) is 9.97 Å². The van der Waals surface area contributed by atoms with E-state index in [0.29, 0.717) is 5.92 Å². The maximum Gasteiger partial charge on any atom is 0.138 e. The fraction of sp³-hybridized carbons (Fsp3) is 0.375. The van der Waals surface area contributed by atoms with Gasteiger partial charge in [-0.25, -0.2) is 9.97 Å². The zero-order chi connectivity index (χ0) is 13.4. The van der Waals surface area contributed by atoms with E-state index in [9.17, 15) is 0 Å². The van der Waals surface area contributed by atoms with Crippen LogP contribution in [0.3, 0.4) is 0 Å². The summed E-state index contributed by atoms with van der Waals surface area (Å²) in [6.07, 6.45) is 1.06. The summed E-state index contributed by atoms with van der Waals surface area (Å²) in [6, 6.07) is 8.57. The minimum absolute atomic E-state index is 0.368. The molecule has 3 heteroatoms. The Bertz CT molecular complexity index is 619. The molecule has 1 heterocycles. The Balaban J connectivity index is 1.99. The lowest BCUT2D eigenvalue weighted by Crippen LogP contribution is -2.21. The summed E-state index contributed by atoms with van der Waals surface area (Å²) in [5, 5.41) is 3.33. The molecular weight excluding hydrogens is 234 g/mol. The smallest absolute Gasteiger partial charge is 0.138 e. The molecule has 1 aromatic heterocycles. The Labute approximate surface area is 114 Å². The van der Waals surface area contributed by atoms with E-state index >= 15 is 0 Å². The fourth-order valence-corrected chi connectivity index (χ4v) is 2.64. The van der Waals surface area contributed by atoms with Crippen molar-refractivity contribution in [2.75, 3.05) is 11.9 Å². The van der Waals surface area contributed by atoms with E-state index in [1.165, 1.54) is 11.1 Å². The van der Waals surface area contributed by atoms with Crippen LogP contribution in [-0.2, 0) is 6.42 Å². The van der Waals surface area contributed by atoms with Gasteiger partial charge in [-0.15, -0.1) is 0 Å². The Morgan fingerprint density at radius 3 is 2.74 bits per heavy atom. The lowest BCUT2D eigenvalue weighted by atomic mass is 9.77. The summed E-state index contributed by atoms with van der Waals surface area (Å²) in [5.41, 5.74) is 5.04. The number of aryl methyl sites for hydroxylation is 1. The molecule has 0 aliphatic heterocycles. The molecular formula is C16H19N3.